The zero-order chi connectivity index (χ0) is 21.7. The minimum absolute atomic E-state index is 0.0458. The molecule has 1 aliphatic heterocycles. The van der Waals surface area contributed by atoms with Gasteiger partial charge in [0.05, 0.1) is 6.04 Å². The molecule has 3 heteroatoms. The summed E-state index contributed by atoms with van der Waals surface area (Å²) in [6, 6.07) is 32.3. The van der Waals surface area contributed by atoms with Gasteiger partial charge >= 0.3 is 0 Å². The Bertz CT molecular complexity index is 987. The maximum absolute atomic E-state index is 9.39. The van der Waals surface area contributed by atoms with Crippen LogP contribution in [0.25, 0.3) is 0 Å². The summed E-state index contributed by atoms with van der Waals surface area (Å²) in [7, 11) is 2.19. The van der Waals surface area contributed by atoms with Crippen LogP contribution < -0.4 is 0 Å². The van der Waals surface area contributed by atoms with Crippen molar-refractivity contribution in [1.82, 2.24) is 4.90 Å². The van der Waals surface area contributed by atoms with Crippen LogP contribution in [0.15, 0.2) is 96.0 Å². The van der Waals surface area contributed by atoms with E-state index in [2.05, 4.69) is 110 Å². The van der Waals surface area contributed by atoms with E-state index in [1.54, 1.807) is 0 Å². The van der Waals surface area contributed by atoms with Gasteiger partial charge in [0, 0.05) is 19.1 Å². The Hall–Kier alpha value is -2.91. The van der Waals surface area contributed by atoms with E-state index in [9.17, 15) is 5.11 Å². The highest BCUT2D eigenvalue weighted by atomic mass is 16.2. The van der Waals surface area contributed by atoms with Crippen LogP contribution in [0.4, 0.5) is 0 Å². The lowest BCUT2D eigenvalue weighted by atomic mass is 9.76. The summed E-state index contributed by atoms with van der Waals surface area (Å²) in [5, 5.41) is 9.39. The summed E-state index contributed by atoms with van der Waals surface area (Å²) >= 11 is 0. The highest BCUT2D eigenvalue weighted by molar-refractivity contribution is 5.94. The zero-order valence-corrected chi connectivity index (χ0v) is 18.5. The van der Waals surface area contributed by atoms with Gasteiger partial charge in [0.25, 0.3) is 0 Å². The monoisotopic (exact) mass is 412 g/mol. The highest BCUT2D eigenvalue weighted by Crippen LogP contribution is 2.46. The van der Waals surface area contributed by atoms with Crippen LogP contribution in [0.2, 0.25) is 0 Å². The number of likely N-dealkylation sites (N-methyl/N-ethyl adjacent to an activating group) is 1. The first-order chi connectivity index (χ1) is 15.1. The van der Waals surface area contributed by atoms with E-state index in [0.717, 1.165) is 25.1 Å². The number of unbranched alkanes of at least 4 members (excludes halogenated alkanes) is 1. The molecule has 3 aromatic rings. The van der Waals surface area contributed by atoms with Crippen molar-refractivity contribution < 1.29 is 5.11 Å². The third-order valence-electron chi connectivity index (χ3n) is 6.58. The Morgan fingerprint density at radius 3 is 1.94 bits per heavy atom. The molecule has 0 radical (unpaired) electrons. The first kappa shape index (κ1) is 21.3. The molecule has 1 heterocycles. The lowest BCUT2D eigenvalue weighted by Gasteiger charge is -2.37. The van der Waals surface area contributed by atoms with Crippen molar-refractivity contribution in [3.8, 4) is 0 Å². The van der Waals surface area contributed by atoms with Gasteiger partial charge in [0.1, 0.15) is 11.9 Å². The van der Waals surface area contributed by atoms with Crippen molar-refractivity contribution in [2.75, 3.05) is 13.7 Å². The number of aliphatic imine (C=N–C) groups is 1. The number of hydrogen-bond donors (Lipinski definition) is 1. The van der Waals surface area contributed by atoms with Crippen LogP contribution in [0.1, 0.15) is 55.0 Å². The Balaban J connectivity index is 1.81. The second kappa shape index (κ2) is 9.49. The zero-order valence-electron chi connectivity index (χ0n) is 18.5. The molecule has 0 amide bonds. The Labute approximate surface area is 186 Å². The molecule has 0 spiro atoms. The Morgan fingerprint density at radius 1 is 0.806 bits per heavy atom. The van der Waals surface area contributed by atoms with Gasteiger partial charge in [-0.2, -0.15) is 0 Å². The fourth-order valence-corrected chi connectivity index (χ4v) is 4.91. The van der Waals surface area contributed by atoms with Crippen molar-refractivity contribution >= 4 is 5.84 Å². The number of rotatable bonds is 8. The Morgan fingerprint density at radius 2 is 1.35 bits per heavy atom. The van der Waals surface area contributed by atoms with Gasteiger partial charge in [0.2, 0.25) is 0 Å². The summed E-state index contributed by atoms with van der Waals surface area (Å²) in [6.07, 6.45) is 2.72. The van der Waals surface area contributed by atoms with Crippen molar-refractivity contribution in [3.05, 3.63) is 108 Å². The molecule has 0 unspecified atom stereocenters. The molecular weight excluding hydrogens is 380 g/mol. The van der Waals surface area contributed by atoms with Crippen LogP contribution in [0.3, 0.4) is 0 Å². The number of benzene rings is 3. The maximum atomic E-state index is 9.39. The molecule has 3 aromatic carbocycles. The lowest BCUT2D eigenvalue weighted by Crippen LogP contribution is -2.42. The van der Waals surface area contributed by atoms with Gasteiger partial charge in [-0.25, -0.2) is 0 Å². The molecule has 3 nitrogen and oxygen atoms in total. The first-order valence-corrected chi connectivity index (χ1v) is 11.2. The molecule has 3 atom stereocenters. The molecule has 0 aliphatic carbocycles. The molecular formula is C28H32N2O. The largest absolute Gasteiger partial charge is 0.396 e. The topological polar surface area (TPSA) is 35.8 Å². The van der Waals surface area contributed by atoms with Crippen LogP contribution in [0.5, 0.6) is 0 Å². The molecule has 0 aromatic heterocycles. The standard InChI is InChI=1S/C28H32N2O/c1-28(20-12-13-21-31,24-18-10-5-11-19-24)27-29-25(22-14-6-3-7-15-22)26(30(27)2)23-16-8-4-9-17-23/h3-11,14-19,25-26,31H,12-13,20-21H2,1-2H3/t25-,26-,28-/m1/s1. The average molecular weight is 413 g/mol. The van der Waals surface area contributed by atoms with Crippen molar-refractivity contribution in [3.63, 3.8) is 0 Å². The summed E-state index contributed by atoms with van der Waals surface area (Å²) in [6.45, 7) is 2.54. The first-order valence-electron chi connectivity index (χ1n) is 11.2. The quantitative estimate of drug-likeness (QED) is 0.465. The van der Waals surface area contributed by atoms with Gasteiger partial charge in [-0.3, -0.25) is 4.99 Å². The molecule has 31 heavy (non-hydrogen) atoms. The predicted molar refractivity (Wildman–Crippen MR) is 128 cm³/mol. The van der Waals surface area contributed by atoms with Gasteiger partial charge in [0.15, 0.2) is 0 Å². The van der Waals surface area contributed by atoms with Gasteiger partial charge < -0.3 is 10.0 Å². The van der Waals surface area contributed by atoms with Crippen molar-refractivity contribution in [1.29, 1.82) is 0 Å². The highest BCUT2D eigenvalue weighted by Gasteiger charge is 2.44. The fourth-order valence-electron chi connectivity index (χ4n) is 4.91. The van der Waals surface area contributed by atoms with Crippen LogP contribution in [-0.4, -0.2) is 29.5 Å². The predicted octanol–water partition coefficient (Wildman–Crippen LogP) is 5.93. The normalized spacial score (nSPS) is 20.4. The molecule has 1 aliphatic rings. The van der Waals surface area contributed by atoms with E-state index >= 15 is 0 Å². The third kappa shape index (κ3) is 4.28. The molecule has 0 saturated carbocycles. The lowest BCUT2D eigenvalue weighted by molar-refractivity contribution is 0.277. The molecule has 1 N–H and O–H groups in total. The number of hydrogen-bond acceptors (Lipinski definition) is 3. The summed E-state index contributed by atoms with van der Waals surface area (Å²) < 4.78 is 0. The maximum Gasteiger partial charge on any atom is 0.110 e. The van der Waals surface area contributed by atoms with Crippen LogP contribution >= 0.6 is 0 Å². The van der Waals surface area contributed by atoms with Gasteiger partial charge in [-0.05, 0) is 42.9 Å². The molecule has 160 valence electrons. The van der Waals surface area contributed by atoms with Crippen LogP contribution in [0, 0.1) is 0 Å². The van der Waals surface area contributed by atoms with Gasteiger partial charge in [-0.1, -0.05) is 91.0 Å². The smallest absolute Gasteiger partial charge is 0.110 e. The SMILES string of the molecule is CN1C([C@](C)(CCCCO)c2ccccc2)=N[C@H](c2ccccc2)[C@H]1c1ccccc1. The van der Waals surface area contributed by atoms with E-state index in [4.69, 9.17) is 4.99 Å². The van der Waals surface area contributed by atoms with E-state index < -0.39 is 0 Å². The van der Waals surface area contributed by atoms with E-state index in [1.807, 2.05) is 0 Å². The number of amidine groups is 1. The number of nitrogens with zero attached hydrogens (tertiary/aromatic N) is 2. The average Bonchev–Trinajstić information content (AvgIpc) is 3.18. The number of aliphatic hydroxyl groups excluding tert-OH is 1. The third-order valence-corrected chi connectivity index (χ3v) is 6.58. The van der Waals surface area contributed by atoms with E-state index in [1.165, 1.54) is 16.7 Å². The molecule has 4 rings (SSSR count). The molecule has 0 saturated heterocycles. The summed E-state index contributed by atoms with van der Waals surface area (Å²) in [5.74, 6) is 1.12. The van der Waals surface area contributed by atoms with Crippen molar-refractivity contribution in [2.45, 2.75) is 43.7 Å². The minimum Gasteiger partial charge on any atom is -0.396 e. The summed E-state index contributed by atoms with van der Waals surface area (Å²) in [4.78, 5) is 7.79. The summed E-state index contributed by atoms with van der Waals surface area (Å²) in [5.41, 5.74) is 3.58. The number of aliphatic hydroxyl groups is 1. The van der Waals surface area contributed by atoms with Crippen molar-refractivity contribution in [2.24, 2.45) is 4.99 Å². The second-order valence-electron chi connectivity index (χ2n) is 8.65. The van der Waals surface area contributed by atoms with Crippen LogP contribution in [-0.2, 0) is 5.41 Å². The Kier molecular flexibility index (Phi) is 6.53. The second-order valence-corrected chi connectivity index (χ2v) is 8.65. The van der Waals surface area contributed by atoms with E-state index in [0.29, 0.717) is 0 Å². The fraction of sp³-hybridized carbons (Fsp3) is 0.321. The van der Waals surface area contributed by atoms with Gasteiger partial charge in [-0.15, -0.1) is 0 Å². The molecule has 0 fully saturated rings. The molecule has 0 bridgehead atoms. The minimum atomic E-state index is -0.220. The van der Waals surface area contributed by atoms with E-state index in [-0.39, 0.29) is 24.1 Å².